The number of nitrogens with zero attached hydrogens (tertiary/aromatic N) is 4. The van der Waals surface area contributed by atoms with Crippen LogP contribution in [0, 0.1) is 0 Å². The summed E-state index contributed by atoms with van der Waals surface area (Å²) in [6.07, 6.45) is 6.11. The average Bonchev–Trinajstić information content (AvgIpc) is 3.11. The van der Waals surface area contributed by atoms with E-state index in [4.69, 9.17) is 0 Å². The van der Waals surface area contributed by atoms with E-state index in [9.17, 15) is 9.59 Å². The maximum absolute atomic E-state index is 12.3. The first-order valence-corrected chi connectivity index (χ1v) is 8.39. The van der Waals surface area contributed by atoms with Crippen LogP contribution >= 0.6 is 0 Å². The Labute approximate surface area is 137 Å². The number of pyridine rings is 1. The Kier molecular flexibility index (Phi) is 5.23. The largest absolute Gasteiger partial charge is 0.342 e. The molecule has 2 aliphatic heterocycles. The summed E-state index contributed by atoms with van der Waals surface area (Å²) in [6, 6.07) is 3.76. The van der Waals surface area contributed by atoms with Crippen LogP contribution in [0.4, 0.5) is 0 Å². The van der Waals surface area contributed by atoms with Crippen LogP contribution in [0.5, 0.6) is 0 Å². The molecule has 1 aromatic heterocycles. The van der Waals surface area contributed by atoms with Crippen molar-refractivity contribution in [3.8, 4) is 0 Å². The minimum atomic E-state index is 0.154. The van der Waals surface area contributed by atoms with E-state index in [0.29, 0.717) is 26.1 Å². The van der Waals surface area contributed by atoms with Gasteiger partial charge in [-0.05, 0) is 30.5 Å². The minimum Gasteiger partial charge on any atom is -0.342 e. The Bertz CT molecular complexity index is 535. The third kappa shape index (κ3) is 4.28. The van der Waals surface area contributed by atoms with Crippen LogP contribution in [0.25, 0.3) is 0 Å². The number of piperazine rings is 1. The molecule has 2 fully saturated rings. The minimum absolute atomic E-state index is 0.154. The fraction of sp³-hybridized carbons (Fsp3) is 0.588. The SMILES string of the molecule is O=C(Cc1ccncc1)N1CCN(CC(=O)N2CCCC2)CC1. The number of carbonyl (C=O) groups excluding carboxylic acids is 2. The van der Waals surface area contributed by atoms with E-state index in [-0.39, 0.29) is 11.8 Å². The molecule has 6 heteroatoms. The van der Waals surface area contributed by atoms with Crippen LogP contribution in [0.2, 0.25) is 0 Å². The molecule has 0 spiro atoms. The predicted octanol–water partition coefficient (Wildman–Crippen LogP) is 0.391. The number of amides is 2. The molecule has 0 saturated carbocycles. The third-order valence-electron chi connectivity index (χ3n) is 4.65. The van der Waals surface area contributed by atoms with Gasteiger partial charge in [0.15, 0.2) is 0 Å². The normalized spacial score (nSPS) is 19.1. The first kappa shape index (κ1) is 15.9. The maximum atomic E-state index is 12.3. The van der Waals surface area contributed by atoms with Crippen molar-refractivity contribution >= 4 is 11.8 Å². The van der Waals surface area contributed by atoms with Crippen LogP contribution in [-0.2, 0) is 16.0 Å². The van der Waals surface area contributed by atoms with E-state index >= 15 is 0 Å². The van der Waals surface area contributed by atoms with Gasteiger partial charge in [-0.2, -0.15) is 0 Å². The van der Waals surface area contributed by atoms with Crippen molar-refractivity contribution in [1.29, 1.82) is 0 Å². The van der Waals surface area contributed by atoms with Gasteiger partial charge in [-0.1, -0.05) is 0 Å². The molecule has 6 nitrogen and oxygen atoms in total. The van der Waals surface area contributed by atoms with Gasteiger partial charge in [-0.25, -0.2) is 0 Å². The van der Waals surface area contributed by atoms with Crippen LogP contribution in [0.1, 0.15) is 18.4 Å². The van der Waals surface area contributed by atoms with Crippen molar-refractivity contribution in [2.75, 3.05) is 45.8 Å². The van der Waals surface area contributed by atoms with Gasteiger partial charge in [0.2, 0.25) is 11.8 Å². The molecule has 0 bridgehead atoms. The molecule has 0 aliphatic carbocycles. The molecule has 124 valence electrons. The molecule has 0 unspecified atom stereocenters. The molecule has 23 heavy (non-hydrogen) atoms. The summed E-state index contributed by atoms with van der Waals surface area (Å²) >= 11 is 0. The van der Waals surface area contributed by atoms with Gasteiger partial charge < -0.3 is 9.80 Å². The van der Waals surface area contributed by atoms with Gasteiger partial charge in [0.1, 0.15) is 0 Å². The molecule has 0 aromatic carbocycles. The summed E-state index contributed by atoms with van der Waals surface area (Å²) in [6.45, 7) is 5.27. The zero-order valence-corrected chi connectivity index (χ0v) is 13.5. The second-order valence-corrected chi connectivity index (χ2v) is 6.28. The van der Waals surface area contributed by atoms with E-state index in [1.165, 1.54) is 0 Å². The van der Waals surface area contributed by atoms with Crippen molar-refractivity contribution in [2.45, 2.75) is 19.3 Å². The highest BCUT2D eigenvalue weighted by Gasteiger charge is 2.25. The Hall–Kier alpha value is -1.95. The van der Waals surface area contributed by atoms with Crippen molar-refractivity contribution in [1.82, 2.24) is 19.7 Å². The quantitative estimate of drug-likeness (QED) is 0.806. The second-order valence-electron chi connectivity index (χ2n) is 6.28. The molecule has 3 heterocycles. The predicted molar refractivity (Wildman–Crippen MR) is 86.8 cm³/mol. The molecule has 0 radical (unpaired) electrons. The Morgan fingerprint density at radius 2 is 1.48 bits per heavy atom. The Morgan fingerprint density at radius 3 is 2.13 bits per heavy atom. The van der Waals surface area contributed by atoms with Gasteiger partial charge >= 0.3 is 0 Å². The highest BCUT2D eigenvalue weighted by molar-refractivity contribution is 5.79. The number of rotatable bonds is 4. The van der Waals surface area contributed by atoms with E-state index < -0.39 is 0 Å². The van der Waals surface area contributed by atoms with Crippen LogP contribution < -0.4 is 0 Å². The van der Waals surface area contributed by atoms with Crippen molar-refractivity contribution in [2.24, 2.45) is 0 Å². The highest BCUT2D eigenvalue weighted by atomic mass is 16.2. The summed E-state index contributed by atoms with van der Waals surface area (Å²) in [5.74, 6) is 0.390. The monoisotopic (exact) mass is 316 g/mol. The van der Waals surface area contributed by atoms with E-state index in [1.54, 1.807) is 12.4 Å². The standard InChI is InChI=1S/C17H24N4O2/c22-16(13-15-3-5-18-6-4-15)21-11-9-19(10-12-21)14-17(23)20-7-1-2-8-20/h3-6H,1-2,7-14H2. The van der Waals surface area contributed by atoms with Gasteiger partial charge in [0.05, 0.1) is 13.0 Å². The lowest BCUT2D eigenvalue weighted by Gasteiger charge is -2.35. The van der Waals surface area contributed by atoms with Gasteiger partial charge in [0, 0.05) is 51.7 Å². The van der Waals surface area contributed by atoms with Crippen molar-refractivity contribution < 1.29 is 9.59 Å². The van der Waals surface area contributed by atoms with Gasteiger partial charge in [0.25, 0.3) is 0 Å². The fourth-order valence-corrected chi connectivity index (χ4v) is 3.20. The molecule has 2 saturated heterocycles. The first-order valence-electron chi connectivity index (χ1n) is 8.39. The second kappa shape index (κ2) is 7.55. The zero-order valence-electron chi connectivity index (χ0n) is 13.5. The molecular formula is C17H24N4O2. The maximum Gasteiger partial charge on any atom is 0.236 e. The topological polar surface area (TPSA) is 56.8 Å². The molecule has 2 aliphatic rings. The Balaban J connectivity index is 1.42. The number of carbonyl (C=O) groups is 2. The molecule has 0 N–H and O–H groups in total. The van der Waals surface area contributed by atoms with E-state index in [2.05, 4.69) is 9.88 Å². The summed E-state index contributed by atoms with van der Waals surface area (Å²) in [5, 5.41) is 0. The highest BCUT2D eigenvalue weighted by Crippen LogP contribution is 2.10. The molecular weight excluding hydrogens is 292 g/mol. The lowest BCUT2D eigenvalue weighted by molar-refractivity contribution is -0.134. The average molecular weight is 316 g/mol. The summed E-state index contributed by atoms with van der Waals surface area (Å²) < 4.78 is 0. The zero-order chi connectivity index (χ0) is 16.1. The van der Waals surface area contributed by atoms with Gasteiger partial charge in [-0.15, -0.1) is 0 Å². The van der Waals surface area contributed by atoms with Crippen LogP contribution in [0.15, 0.2) is 24.5 Å². The Morgan fingerprint density at radius 1 is 0.870 bits per heavy atom. The summed E-state index contributed by atoms with van der Waals surface area (Å²) in [5.41, 5.74) is 0.997. The number of hydrogen-bond donors (Lipinski definition) is 0. The smallest absolute Gasteiger partial charge is 0.236 e. The van der Waals surface area contributed by atoms with Crippen LogP contribution in [0.3, 0.4) is 0 Å². The molecule has 3 rings (SSSR count). The van der Waals surface area contributed by atoms with E-state index in [1.807, 2.05) is 21.9 Å². The number of hydrogen-bond acceptors (Lipinski definition) is 4. The number of aromatic nitrogens is 1. The third-order valence-corrected chi connectivity index (χ3v) is 4.65. The lowest BCUT2D eigenvalue weighted by atomic mass is 10.1. The molecule has 2 amide bonds. The van der Waals surface area contributed by atoms with Crippen LogP contribution in [-0.4, -0.2) is 77.3 Å². The molecule has 1 aromatic rings. The first-order chi connectivity index (χ1) is 11.2. The lowest BCUT2D eigenvalue weighted by Crippen LogP contribution is -2.51. The number of likely N-dealkylation sites (tertiary alicyclic amines) is 1. The van der Waals surface area contributed by atoms with E-state index in [0.717, 1.165) is 44.6 Å². The van der Waals surface area contributed by atoms with Gasteiger partial charge in [-0.3, -0.25) is 19.5 Å². The summed E-state index contributed by atoms with van der Waals surface area (Å²) in [4.78, 5) is 34.5. The summed E-state index contributed by atoms with van der Waals surface area (Å²) in [7, 11) is 0. The molecule has 0 atom stereocenters. The van der Waals surface area contributed by atoms with Crippen molar-refractivity contribution in [3.63, 3.8) is 0 Å². The van der Waals surface area contributed by atoms with Crippen molar-refractivity contribution in [3.05, 3.63) is 30.1 Å². The fourth-order valence-electron chi connectivity index (χ4n) is 3.20.